The lowest BCUT2D eigenvalue weighted by Gasteiger charge is -2.19. The topological polar surface area (TPSA) is 152 Å². The lowest BCUT2D eigenvalue weighted by Crippen LogP contribution is -2.32. The van der Waals surface area contributed by atoms with Gasteiger partial charge in [-0.25, -0.2) is 4.79 Å². The van der Waals surface area contributed by atoms with E-state index in [4.69, 9.17) is 23.9 Å². The van der Waals surface area contributed by atoms with Crippen molar-refractivity contribution in [3.63, 3.8) is 0 Å². The number of unbranched alkanes of at least 4 members (excludes halogenated alkanes) is 2. The molecule has 58 heavy (non-hydrogen) atoms. The summed E-state index contributed by atoms with van der Waals surface area (Å²) >= 11 is 0. The number of hydrogen-bond acceptors (Lipinski definition) is 10. The lowest BCUT2D eigenvalue weighted by atomic mass is 10.0. The summed E-state index contributed by atoms with van der Waals surface area (Å²) in [7, 11) is 4.98. The Morgan fingerprint density at radius 3 is 1.59 bits per heavy atom. The van der Waals surface area contributed by atoms with Gasteiger partial charge in [-0.05, 0) is 77.9 Å². The third-order valence-corrected chi connectivity index (χ3v) is 10.8. The summed E-state index contributed by atoms with van der Waals surface area (Å²) in [5.74, 6) is 0.599. The second-order valence-electron chi connectivity index (χ2n) is 14.3. The van der Waals surface area contributed by atoms with E-state index in [0.29, 0.717) is 71.6 Å². The molecule has 8 rings (SSSR count). The van der Waals surface area contributed by atoms with Gasteiger partial charge in [0.15, 0.2) is 23.0 Å². The van der Waals surface area contributed by atoms with Crippen molar-refractivity contribution in [2.45, 2.75) is 44.2 Å². The summed E-state index contributed by atoms with van der Waals surface area (Å²) in [6.45, 7) is 0.850. The lowest BCUT2D eigenvalue weighted by molar-refractivity contribution is 0.0695. The Bertz CT molecular complexity index is 2390. The van der Waals surface area contributed by atoms with Crippen LogP contribution in [0.25, 0.3) is 11.1 Å². The summed E-state index contributed by atoms with van der Waals surface area (Å²) in [6.07, 6.45) is 10.9. The fourth-order valence-corrected chi connectivity index (χ4v) is 7.57. The average molecular weight is 782 g/mol. The maximum absolute atomic E-state index is 13.7. The zero-order valence-electron chi connectivity index (χ0n) is 32.4. The van der Waals surface area contributed by atoms with E-state index < -0.39 is 5.97 Å². The molecular formula is C45H43N5O8. The van der Waals surface area contributed by atoms with E-state index in [9.17, 15) is 19.5 Å². The van der Waals surface area contributed by atoms with Crippen molar-refractivity contribution in [2.75, 3.05) is 39.8 Å². The van der Waals surface area contributed by atoms with Crippen molar-refractivity contribution in [3.05, 3.63) is 113 Å². The van der Waals surface area contributed by atoms with E-state index in [1.54, 1.807) is 71.7 Å². The Labute approximate surface area is 335 Å². The molecule has 0 spiro atoms. The van der Waals surface area contributed by atoms with Crippen LogP contribution < -0.4 is 24.3 Å². The van der Waals surface area contributed by atoms with E-state index in [1.807, 2.05) is 37.8 Å². The molecule has 0 radical (unpaired) electrons. The van der Waals surface area contributed by atoms with Crippen molar-refractivity contribution in [3.8, 4) is 23.0 Å². The molecule has 0 bridgehead atoms. The number of rotatable bonds is 14. The number of nitrogens with zero attached hydrogens (tertiary/aromatic N) is 4. The van der Waals surface area contributed by atoms with E-state index in [0.717, 1.165) is 47.2 Å². The van der Waals surface area contributed by atoms with E-state index in [1.165, 1.54) is 7.11 Å². The number of ether oxygens (including phenoxy) is 4. The molecule has 0 aliphatic carbocycles. The van der Waals surface area contributed by atoms with Gasteiger partial charge < -0.3 is 39.2 Å². The van der Waals surface area contributed by atoms with E-state index in [-0.39, 0.29) is 29.5 Å². The Kier molecular flexibility index (Phi) is 10.7. The van der Waals surface area contributed by atoms with Crippen LogP contribution in [0.4, 0.5) is 17.1 Å². The van der Waals surface area contributed by atoms with Crippen molar-refractivity contribution >= 4 is 58.4 Å². The first-order valence-corrected chi connectivity index (χ1v) is 19.2. The molecule has 4 aromatic rings. The first kappa shape index (κ1) is 38.0. The highest BCUT2D eigenvalue weighted by molar-refractivity contribution is 6.06. The van der Waals surface area contributed by atoms with Crippen molar-refractivity contribution in [1.29, 1.82) is 0 Å². The number of carboxylic acid groups (broad SMARTS) is 1. The van der Waals surface area contributed by atoms with Gasteiger partial charge in [-0.15, -0.1) is 0 Å². The molecule has 296 valence electrons. The number of carbonyl (C=O) groups excluding carboxylic acids is 2. The Balaban J connectivity index is 0.846. The monoisotopic (exact) mass is 781 g/mol. The average Bonchev–Trinajstić information content (AvgIpc) is 3.83. The highest BCUT2D eigenvalue weighted by Gasteiger charge is 2.35. The van der Waals surface area contributed by atoms with Gasteiger partial charge in [-0.3, -0.25) is 19.6 Å². The number of amides is 2. The third kappa shape index (κ3) is 7.50. The summed E-state index contributed by atoms with van der Waals surface area (Å²) in [4.78, 5) is 51.5. The minimum Gasteiger partial charge on any atom is -0.493 e. The molecule has 2 amide bonds. The fourth-order valence-electron chi connectivity index (χ4n) is 7.57. The Hall–Kier alpha value is -6.89. The predicted octanol–water partition coefficient (Wildman–Crippen LogP) is 8.01. The molecule has 4 aliphatic heterocycles. The summed E-state index contributed by atoms with van der Waals surface area (Å²) in [5, 5.41) is 12.4. The van der Waals surface area contributed by atoms with Gasteiger partial charge in [-0.2, -0.15) is 0 Å². The molecule has 2 atom stereocenters. The number of anilines is 1. The number of benzene rings is 4. The molecule has 2 N–H and O–H groups in total. The number of methoxy groups -OCH3 is 2. The van der Waals surface area contributed by atoms with Gasteiger partial charge in [0, 0.05) is 62.5 Å². The van der Waals surface area contributed by atoms with Crippen LogP contribution in [0.1, 0.15) is 74.3 Å². The number of aromatic carboxylic acids is 1. The number of carboxylic acids is 1. The van der Waals surface area contributed by atoms with Crippen LogP contribution in [-0.2, 0) is 0 Å². The maximum Gasteiger partial charge on any atom is 0.335 e. The highest BCUT2D eigenvalue weighted by atomic mass is 16.5. The molecule has 0 saturated carbocycles. The van der Waals surface area contributed by atoms with Crippen LogP contribution in [-0.4, -0.2) is 91.7 Å². The van der Waals surface area contributed by atoms with E-state index >= 15 is 0 Å². The summed E-state index contributed by atoms with van der Waals surface area (Å²) in [5.41, 5.74) is 7.07. The molecule has 4 aliphatic rings. The van der Waals surface area contributed by atoms with Gasteiger partial charge in [0.2, 0.25) is 0 Å². The largest absolute Gasteiger partial charge is 0.493 e. The van der Waals surface area contributed by atoms with Gasteiger partial charge in [0.05, 0.1) is 67.6 Å². The van der Waals surface area contributed by atoms with Crippen LogP contribution in [0.2, 0.25) is 0 Å². The molecule has 4 heterocycles. The van der Waals surface area contributed by atoms with Gasteiger partial charge >= 0.3 is 5.97 Å². The van der Waals surface area contributed by atoms with Crippen molar-refractivity contribution < 1.29 is 38.4 Å². The first-order chi connectivity index (χ1) is 28.2. The van der Waals surface area contributed by atoms with E-state index in [2.05, 4.69) is 22.4 Å². The molecule has 0 fully saturated rings. The zero-order valence-corrected chi connectivity index (χ0v) is 32.4. The second kappa shape index (κ2) is 16.3. The standard InChI is InChI=1S/C45H43N5O8/c1-46-32-13-11-28(12-14-32)31-18-34-24-48-38-22-42(40(56-3)20-36(38)44(52)50(34)26-31)58-16-6-4-5-15-57-41-21-37-35(19-39(41)55-2)43(51)49-25-30(17-33(49)23-47-37)27-7-9-29(10-8-27)45(53)54/h7-14,19-26,33-34,46H,4-6,15-18H2,1-3H3,(H,53,54)/t33-,34?/m0/s1. The number of hydrogen-bond donors (Lipinski definition) is 2. The Morgan fingerprint density at radius 1 is 0.690 bits per heavy atom. The third-order valence-electron chi connectivity index (χ3n) is 10.8. The smallest absolute Gasteiger partial charge is 0.335 e. The predicted molar refractivity (Wildman–Crippen MR) is 222 cm³/mol. The fraction of sp³-hybridized carbons (Fsp3) is 0.267. The molecule has 1 unspecified atom stereocenters. The minimum atomic E-state index is -0.987. The number of nitrogens with one attached hydrogen (secondary N) is 1. The maximum atomic E-state index is 13.7. The molecule has 13 nitrogen and oxygen atoms in total. The second-order valence-corrected chi connectivity index (χ2v) is 14.3. The van der Waals surface area contributed by atoms with Crippen LogP contribution >= 0.6 is 0 Å². The summed E-state index contributed by atoms with van der Waals surface area (Å²) < 4.78 is 23.5. The van der Waals surface area contributed by atoms with Gasteiger partial charge in [-0.1, -0.05) is 24.3 Å². The number of aliphatic imine (C=N–C) groups is 2. The molecule has 0 aromatic heterocycles. The van der Waals surface area contributed by atoms with Crippen molar-refractivity contribution in [2.24, 2.45) is 9.98 Å². The first-order valence-electron chi connectivity index (χ1n) is 19.2. The number of fused-ring (bicyclic) bond motifs is 4. The zero-order chi connectivity index (χ0) is 40.3. The van der Waals surface area contributed by atoms with Crippen molar-refractivity contribution in [1.82, 2.24) is 9.80 Å². The highest BCUT2D eigenvalue weighted by Crippen LogP contribution is 2.42. The quantitative estimate of drug-likeness (QED) is 0.121. The molecular weight excluding hydrogens is 739 g/mol. The molecule has 4 aromatic carbocycles. The minimum absolute atomic E-state index is 0.135. The van der Waals surface area contributed by atoms with Gasteiger partial charge in [0.1, 0.15) is 0 Å². The van der Waals surface area contributed by atoms with Crippen LogP contribution in [0.15, 0.2) is 95.2 Å². The Morgan fingerprint density at radius 2 is 1.16 bits per heavy atom. The normalized spacial score (nSPS) is 17.6. The SMILES string of the molecule is CNc1ccc(C2=CN3C(=O)c4cc(OC)c(OCCCCCOc5cc6c(cc5OC)C(=O)N5C=C(c7ccc(C(=O)O)cc7)C[C@H]5C=N6)cc4N=CC3C2)cc1. The molecule has 13 heteroatoms. The van der Waals surface area contributed by atoms with Gasteiger partial charge in [0.25, 0.3) is 11.8 Å². The molecule has 0 saturated heterocycles. The van der Waals surface area contributed by atoms with Crippen LogP contribution in [0.3, 0.4) is 0 Å². The summed E-state index contributed by atoms with van der Waals surface area (Å²) in [6, 6.07) is 21.2. The van der Waals surface area contributed by atoms with Crippen LogP contribution in [0.5, 0.6) is 23.0 Å². The van der Waals surface area contributed by atoms with Crippen LogP contribution in [0, 0.1) is 0 Å². The number of carbonyl (C=O) groups is 3.